The second-order valence-corrected chi connectivity index (χ2v) is 11.1. The standard InChI is InChI=1S/C34H31ClN2O5/c1-34(41)20-28(38)30(32(39)36-25-8-4-2-5-9-25)29(31(34)33(40)37-26-10-6-3-7-11-26)23-14-18-27(19-15-23)42-21-22-12-16-24(35)17-13-22/h2-19,29-31,41H,20-21H2,1H3,(H,36,39)(H,37,40). The summed E-state index contributed by atoms with van der Waals surface area (Å²) in [5, 5.41) is 17.8. The van der Waals surface area contributed by atoms with Crippen LogP contribution in [0.3, 0.4) is 0 Å². The van der Waals surface area contributed by atoms with Gasteiger partial charge in [-0.3, -0.25) is 14.4 Å². The van der Waals surface area contributed by atoms with Crippen LogP contribution in [0.1, 0.15) is 30.4 Å². The van der Waals surface area contributed by atoms with Crippen LogP contribution in [0.4, 0.5) is 11.4 Å². The minimum absolute atomic E-state index is 0.317. The highest BCUT2D eigenvalue weighted by molar-refractivity contribution is 6.30. The number of Topliss-reactive ketones (excluding diaryl/α,β-unsaturated/α-hetero) is 1. The molecule has 0 saturated heterocycles. The molecule has 4 atom stereocenters. The van der Waals surface area contributed by atoms with Crippen LogP contribution < -0.4 is 15.4 Å². The molecule has 214 valence electrons. The van der Waals surface area contributed by atoms with Gasteiger partial charge in [0.1, 0.15) is 24.1 Å². The van der Waals surface area contributed by atoms with Gasteiger partial charge < -0.3 is 20.5 Å². The number of aliphatic hydroxyl groups is 1. The molecule has 3 N–H and O–H groups in total. The number of rotatable bonds is 8. The summed E-state index contributed by atoms with van der Waals surface area (Å²) in [5.41, 5.74) is 0.873. The number of para-hydroxylation sites is 2. The summed E-state index contributed by atoms with van der Waals surface area (Å²) in [6.45, 7) is 1.79. The molecule has 4 aromatic rings. The maximum atomic E-state index is 13.8. The Hall–Kier alpha value is -4.46. The average Bonchev–Trinajstić information content (AvgIpc) is 2.97. The Morgan fingerprint density at radius 1 is 0.833 bits per heavy atom. The fourth-order valence-electron chi connectivity index (χ4n) is 5.51. The van der Waals surface area contributed by atoms with Crippen molar-refractivity contribution in [1.29, 1.82) is 0 Å². The third kappa shape index (κ3) is 6.70. The van der Waals surface area contributed by atoms with Crippen molar-refractivity contribution in [1.82, 2.24) is 0 Å². The topological polar surface area (TPSA) is 105 Å². The molecule has 0 aromatic heterocycles. The van der Waals surface area contributed by atoms with E-state index in [9.17, 15) is 19.5 Å². The molecule has 0 aliphatic heterocycles. The molecular formula is C34H31ClN2O5. The van der Waals surface area contributed by atoms with Crippen LogP contribution >= 0.6 is 11.6 Å². The van der Waals surface area contributed by atoms with Crippen molar-refractivity contribution < 1.29 is 24.2 Å². The number of ether oxygens (including phenoxy) is 1. The molecule has 1 aliphatic rings. The SMILES string of the molecule is CC1(O)CC(=O)C(C(=O)Nc2ccccc2)C(c2ccc(OCc3ccc(Cl)cc3)cc2)C1C(=O)Nc1ccccc1. The molecule has 2 amide bonds. The molecule has 7 nitrogen and oxygen atoms in total. The van der Waals surface area contributed by atoms with Crippen molar-refractivity contribution in [3.05, 3.63) is 125 Å². The quantitative estimate of drug-likeness (QED) is 0.213. The van der Waals surface area contributed by atoms with E-state index in [1.807, 2.05) is 24.3 Å². The van der Waals surface area contributed by atoms with Gasteiger partial charge in [-0.15, -0.1) is 0 Å². The van der Waals surface area contributed by atoms with Crippen molar-refractivity contribution in [2.75, 3.05) is 10.6 Å². The molecule has 4 unspecified atom stereocenters. The van der Waals surface area contributed by atoms with Gasteiger partial charge in [0, 0.05) is 28.7 Å². The van der Waals surface area contributed by atoms with Gasteiger partial charge in [0.05, 0.1) is 11.5 Å². The normalized spacial score (nSPS) is 21.8. The maximum Gasteiger partial charge on any atom is 0.235 e. The second kappa shape index (κ2) is 12.6. The molecule has 1 aliphatic carbocycles. The average molecular weight is 583 g/mol. The van der Waals surface area contributed by atoms with Crippen LogP contribution in [0.2, 0.25) is 5.02 Å². The predicted octanol–water partition coefficient (Wildman–Crippen LogP) is 6.24. The van der Waals surface area contributed by atoms with Gasteiger partial charge in [-0.1, -0.05) is 72.3 Å². The Morgan fingerprint density at radius 3 is 1.95 bits per heavy atom. The van der Waals surface area contributed by atoms with Gasteiger partial charge >= 0.3 is 0 Å². The lowest BCUT2D eigenvalue weighted by Gasteiger charge is -2.44. The lowest BCUT2D eigenvalue weighted by atomic mass is 9.61. The van der Waals surface area contributed by atoms with Crippen molar-refractivity contribution in [3.8, 4) is 5.75 Å². The van der Waals surface area contributed by atoms with E-state index >= 15 is 0 Å². The number of hydrogen-bond acceptors (Lipinski definition) is 5. The smallest absolute Gasteiger partial charge is 0.235 e. The molecule has 4 aromatic carbocycles. The van der Waals surface area contributed by atoms with Crippen LogP contribution in [0.25, 0.3) is 0 Å². The highest BCUT2D eigenvalue weighted by Crippen LogP contribution is 2.47. The van der Waals surface area contributed by atoms with Gasteiger partial charge in [0.15, 0.2) is 0 Å². The fraction of sp³-hybridized carbons (Fsp3) is 0.206. The Morgan fingerprint density at radius 2 is 1.38 bits per heavy atom. The Balaban J connectivity index is 1.47. The van der Waals surface area contributed by atoms with Gasteiger partial charge in [-0.2, -0.15) is 0 Å². The number of carbonyl (C=O) groups is 3. The molecule has 1 fully saturated rings. The number of amides is 2. The fourth-order valence-corrected chi connectivity index (χ4v) is 5.63. The first-order valence-electron chi connectivity index (χ1n) is 13.7. The summed E-state index contributed by atoms with van der Waals surface area (Å²) in [6, 6.07) is 32.0. The monoisotopic (exact) mass is 582 g/mol. The predicted molar refractivity (Wildman–Crippen MR) is 162 cm³/mol. The van der Waals surface area contributed by atoms with E-state index in [1.54, 1.807) is 84.9 Å². The largest absolute Gasteiger partial charge is 0.489 e. The van der Waals surface area contributed by atoms with E-state index < -0.39 is 41.0 Å². The summed E-state index contributed by atoms with van der Waals surface area (Å²) >= 11 is 5.97. The Labute approximate surface area is 249 Å². The first-order valence-corrected chi connectivity index (χ1v) is 14.0. The maximum absolute atomic E-state index is 13.8. The van der Waals surface area contributed by atoms with Crippen molar-refractivity contribution in [2.45, 2.75) is 31.5 Å². The van der Waals surface area contributed by atoms with Crippen LogP contribution in [0.15, 0.2) is 109 Å². The van der Waals surface area contributed by atoms with Crippen LogP contribution in [-0.2, 0) is 21.0 Å². The molecule has 0 radical (unpaired) electrons. The number of hydrogen-bond donors (Lipinski definition) is 3. The summed E-state index contributed by atoms with van der Waals surface area (Å²) in [5.74, 6) is -4.15. The second-order valence-electron chi connectivity index (χ2n) is 10.7. The molecule has 1 saturated carbocycles. The zero-order valence-corrected chi connectivity index (χ0v) is 23.8. The van der Waals surface area contributed by atoms with Crippen LogP contribution in [-0.4, -0.2) is 28.3 Å². The molecule has 42 heavy (non-hydrogen) atoms. The van der Waals surface area contributed by atoms with Crippen molar-refractivity contribution >= 4 is 40.6 Å². The van der Waals surface area contributed by atoms with E-state index in [0.29, 0.717) is 34.3 Å². The molecule has 0 bridgehead atoms. The van der Waals surface area contributed by atoms with Gasteiger partial charge in [0.2, 0.25) is 11.8 Å². The first kappa shape index (κ1) is 29.0. The first-order chi connectivity index (χ1) is 20.2. The van der Waals surface area contributed by atoms with Gasteiger partial charge in [-0.25, -0.2) is 0 Å². The zero-order valence-electron chi connectivity index (χ0n) is 23.0. The minimum atomic E-state index is -1.70. The molecule has 5 rings (SSSR count). The summed E-state index contributed by atoms with van der Waals surface area (Å²) in [7, 11) is 0. The number of benzene rings is 4. The number of halogens is 1. The highest BCUT2D eigenvalue weighted by atomic mass is 35.5. The number of nitrogens with one attached hydrogen (secondary N) is 2. The van der Waals surface area contributed by atoms with E-state index in [2.05, 4.69) is 10.6 Å². The molecule has 8 heteroatoms. The molecule has 0 spiro atoms. The highest BCUT2D eigenvalue weighted by Gasteiger charge is 2.55. The Bertz CT molecular complexity index is 1540. The van der Waals surface area contributed by atoms with Gasteiger partial charge in [0.25, 0.3) is 0 Å². The summed E-state index contributed by atoms with van der Waals surface area (Å²) < 4.78 is 5.92. The van der Waals surface area contributed by atoms with Crippen molar-refractivity contribution in [3.63, 3.8) is 0 Å². The van der Waals surface area contributed by atoms with Crippen molar-refractivity contribution in [2.24, 2.45) is 11.8 Å². The molecular weight excluding hydrogens is 552 g/mol. The lowest BCUT2D eigenvalue weighted by molar-refractivity contribution is -0.150. The number of anilines is 2. The number of carbonyl (C=O) groups excluding carboxylic acids is 3. The summed E-state index contributed by atoms with van der Waals surface area (Å²) in [6.07, 6.45) is -0.342. The molecule has 0 heterocycles. The van der Waals surface area contributed by atoms with E-state index in [0.717, 1.165) is 5.56 Å². The lowest BCUT2D eigenvalue weighted by Crippen LogP contribution is -2.56. The van der Waals surface area contributed by atoms with E-state index in [4.69, 9.17) is 16.3 Å². The van der Waals surface area contributed by atoms with Gasteiger partial charge in [-0.05, 0) is 66.6 Å². The third-order valence-corrected chi connectivity index (χ3v) is 7.75. The third-order valence-electron chi connectivity index (χ3n) is 7.50. The van der Waals surface area contributed by atoms with E-state index in [-0.39, 0.29) is 6.42 Å². The van der Waals surface area contributed by atoms with Crippen LogP contribution in [0, 0.1) is 11.8 Å². The summed E-state index contributed by atoms with van der Waals surface area (Å²) in [4.78, 5) is 41.0. The minimum Gasteiger partial charge on any atom is -0.489 e. The number of ketones is 1. The van der Waals surface area contributed by atoms with Crippen LogP contribution in [0.5, 0.6) is 5.75 Å². The zero-order chi connectivity index (χ0) is 29.7. The Kier molecular flexibility index (Phi) is 8.71. The van der Waals surface area contributed by atoms with E-state index in [1.165, 1.54) is 6.92 Å².